The molecule has 2 nitrogen and oxygen atoms in total. The fourth-order valence-electron chi connectivity index (χ4n) is 2.24. The number of nitrogens with two attached hydrogens (primary N) is 1. The Bertz CT molecular complexity index is 134. The molecule has 0 aromatic rings. The van der Waals surface area contributed by atoms with Crippen molar-refractivity contribution in [3.8, 4) is 0 Å². The van der Waals surface area contributed by atoms with Crippen LogP contribution in [0.2, 0.25) is 0 Å². The molecule has 2 atom stereocenters. The van der Waals surface area contributed by atoms with Crippen molar-refractivity contribution in [3.05, 3.63) is 0 Å². The minimum atomic E-state index is 0. The monoisotopic (exact) mass is 177 g/mol. The van der Waals surface area contributed by atoms with Crippen LogP contribution in [0.3, 0.4) is 0 Å². The first-order valence-corrected chi connectivity index (χ1v) is 4.20. The average molecular weight is 178 g/mol. The van der Waals surface area contributed by atoms with Crippen LogP contribution in [0.5, 0.6) is 0 Å². The van der Waals surface area contributed by atoms with Crippen LogP contribution >= 0.6 is 12.4 Å². The molecule has 3 heteroatoms. The summed E-state index contributed by atoms with van der Waals surface area (Å²) in [5, 5.41) is 0. The van der Waals surface area contributed by atoms with E-state index in [2.05, 4.69) is 0 Å². The molecule has 1 spiro atoms. The van der Waals surface area contributed by atoms with Crippen LogP contribution in [0.4, 0.5) is 0 Å². The minimum Gasteiger partial charge on any atom is -0.375 e. The van der Waals surface area contributed by atoms with Gasteiger partial charge < -0.3 is 10.5 Å². The van der Waals surface area contributed by atoms with Crippen molar-refractivity contribution in [2.45, 2.75) is 43.7 Å². The van der Waals surface area contributed by atoms with Crippen LogP contribution in [0.15, 0.2) is 0 Å². The number of rotatable bonds is 0. The number of ether oxygens (including phenoxy) is 1. The van der Waals surface area contributed by atoms with E-state index in [1.807, 2.05) is 0 Å². The van der Waals surface area contributed by atoms with E-state index in [9.17, 15) is 0 Å². The topological polar surface area (TPSA) is 35.2 Å². The maximum Gasteiger partial charge on any atom is 0.0698 e. The van der Waals surface area contributed by atoms with Crippen molar-refractivity contribution in [3.63, 3.8) is 0 Å². The van der Waals surface area contributed by atoms with Gasteiger partial charge in [-0.25, -0.2) is 0 Å². The van der Waals surface area contributed by atoms with Gasteiger partial charge in [0.15, 0.2) is 0 Å². The van der Waals surface area contributed by atoms with E-state index in [1.165, 1.54) is 25.7 Å². The first-order valence-electron chi connectivity index (χ1n) is 4.20. The summed E-state index contributed by atoms with van der Waals surface area (Å²) in [6, 6.07) is 0.415. The highest BCUT2D eigenvalue weighted by Gasteiger charge is 2.40. The predicted molar refractivity (Wildman–Crippen MR) is 47.0 cm³/mol. The fraction of sp³-hybridized carbons (Fsp3) is 1.00. The van der Waals surface area contributed by atoms with Gasteiger partial charge in [0.2, 0.25) is 0 Å². The first kappa shape index (κ1) is 9.30. The van der Waals surface area contributed by atoms with Crippen LogP contribution < -0.4 is 5.73 Å². The predicted octanol–water partition coefficient (Wildman–Crippen LogP) is 1.47. The van der Waals surface area contributed by atoms with Crippen molar-refractivity contribution in [1.29, 1.82) is 0 Å². The molecule has 1 heterocycles. The molecule has 2 unspecified atom stereocenters. The van der Waals surface area contributed by atoms with Crippen molar-refractivity contribution >= 4 is 12.4 Å². The van der Waals surface area contributed by atoms with Gasteiger partial charge in [-0.2, -0.15) is 0 Å². The van der Waals surface area contributed by atoms with Gasteiger partial charge >= 0.3 is 0 Å². The van der Waals surface area contributed by atoms with E-state index in [0.29, 0.717) is 6.04 Å². The van der Waals surface area contributed by atoms with Gasteiger partial charge in [-0.15, -0.1) is 12.4 Å². The third-order valence-corrected chi connectivity index (χ3v) is 2.79. The summed E-state index contributed by atoms with van der Waals surface area (Å²) in [6.45, 7) is 0.965. The molecule has 1 aliphatic heterocycles. The molecule has 2 N–H and O–H groups in total. The molecule has 2 aliphatic rings. The van der Waals surface area contributed by atoms with Gasteiger partial charge in [0, 0.05) is 12.6 Å². The quantitative estimate of drug-likeness (QED) is 0.608. The molecule has 2 rings (SSSR count). The van der Waals surface area contributed by atoms with Crippen molar-refractivity contribution in [2.75, 3.05) is 6.61 Å². The van der Waals surface area contributed by atoms with E-state index in [0.717, 1.165) is 13.0 Å². The lowest BCUT2D eigenvalue weighted by Gasteiger charge is -2.21. The summed E-state index contributed by atoms with van der Waals surface area (Å²) in [4.78, 5) is 0. The largest absolute Gasteiger partial charge is 0.375 e. The molecule has 0 aromatic heterocycles. The van der Waals surface area contributed by atoms with Gasteiger partial charge in [0.25, 0.3) is 0 Å². The molecule has 2 fully saturated rings. The fourth-order valence-corrected chi connectivity index (χ4v) is 2.24. The molecule has 0 bridgehead atoms. The summed E-state index contributed by atoms with van der Waals surface area (Å²) in [6.07, 6.45) is 5.97. The lowest BCUT2D eigenvalue weighted by atomic mass is 9.98. The van der Waals surface area contributed by atoms with Gasteiger partial charge in [0.1, 0.15) is 0 Å². The third-order valence-electron chi connectivity index (χ3n) is 2.79. The zero-order chi connectivity index (χ0) is 7.03. The molecular formula is C8H16ClNO. The van der Waals surface area contributed by atoms with Crippen LogP contribution in [-0.4, -0.2) is 18.2 Å². The first-order chi connectivity index (χ1) is 4.81. The molecule has 11 heavy (non-hydrogen) atoms. The lowest BCUT2D eigenvalue weighted by Crippen LogP contribution is -2.26. The highest BCUT2D eigenvalue weighted by atomic mass is 35.5. The van der Waals surface area contributed by atoms with Gasteiger partial charge in [-0.3, -0.25) is 0 Å². The van der Waals surface area contributed by atoms with Crippen LogP contribution in [0, 0.1) is 0 Å². The Balaban J connectivity index is 0.000000605. The molecule has 66 valence electrons. The Hall–Kier alpha value is 0.210. The van der Waals surface area contributed by atoms with Crippen LogP contribution in [0.1, 0.15) is 32.1 Å². The Labute approximate surface area is 73.9 Å². The Morgan fingerprint density at radius 3 is 2.64 bits per heavy atom. The second-order valence-electron chi connectivity index (χ2n) is 3.64. The van der Waals surface area contributed by atoms with Gasteiger partial charge in [-0.1, -0.05) is 0 Å². The summed E-state index contributed by atoms with van der Waals surface area (Å²) in [5.41, 5.74) is 6.04. The summed E-state index contributed by atoms with van der Waals surface area (Å²) in [7, 11) is 0. The van der Waals surface area contributed by atoms with Crippen LogP contribution in [-0.2, 0) is 4.74 Å². The van der Waals surface area contributed by atoms with E-state index in [1.54, 1.807) is 0 Å². The summed E-state index contributed by atoms with van der Waals surface area (Å²) in [5.74, 6) is 0. The second-order valence-corrected chi connectivity index (χ2v) is 3.64. The zero-order valence-corrected chi connectivity index (χ0v) is 7.53. The lowest BCUT2D eigenvalue weighted by molar-refractivity contribution is 0.00950. The smallest absolute Gasteiger partial charge is 0.0698 e. The number of hydrogen-bond acceptors (Lipinski definition) is 2. The average Bonchev–Trinajstić information content (AvgIpc) is 2.46. The van der Waals surface area contributed by atoms with Crippen molar-refractivity contribution < 1.29 is 4.74 Å². The summed E-state index contributed by atoms with van der Waals surface area (Å²) >= 11 is 0. The molecular weight excluding hydrogens is 162 g/mol. The maximum atomic E-state index is 5.81. The highest BCUT2D eigenvalue weighted by Crippen LogP contribution is 2.40. The molecule has 0 radical (unpaired) electrons. The third kappa shape index (κ3) is 1.68. The van der Waals surface area contributed by atoms with E-state index >= 15 is 0 Å². The Morgan fingerprint density at radius 2 is 2.18 bits per heavy atom. The number of hydrogen-bond donors (Lipinski definition) is 1. The number of halogens is 1. The Kier molecular flexibility index (Phi) is 2.79. The second kappa shape index (κ2) is 3.30. The van der Waals surface area contributed by atoms with Gasteiger partial charge in [0.05, 0.1) is 5.60 Å². The maximum absolute atomic E-state index is 5.81. The van der Waals surface area contributed by atoms with Gasteiger partial charge in [-0.05, 0) is 32.1 Å². The minimum absolute atomic E-state index is 0. The normalized spacial score (nSPS) is 42.8. The molecule has 1 saturated heterocycles. The summed E-state index contributed by atoms with van der Waals surface area (Å²) < 4.78 is 5.69. The standard InChI is InChI=1S/C8H15NO.ClH/c9-7-2-4-8(6-7)3-1-5-10-8;/h7H,1-6,9H2;1H. The van der Waals surface area contributed by atoms with E-state index in [4.69, 9.17) is 10.5 Å². The molecule has 0 amide bonds. The van der Waals surface area contributed by atoms with E-state index < -0.39 is 0 Å². The molecule has 1 aliphatic carbocycles. The Morgan fingerprint density at radius 1 is 1.36 bits per heavy atom. The van der Waals surface area contributed by atoms with Crippen molar-refractivity contribution in [1.82, 2.24) is 0 Å². The van der Waals surface area contributed by atoms with E-state index in [-0.39, 0.29) is 18.0 Å². The van der Waals surface area contributed by atoms with Crippen molar-refractivity contribution in [2.24, 2.45) is 5.73 Å². The highest BCUT2D eigenvalue weighted by molar-refractivity contribution is 5.85. The van der Waals surface area contributed by atoms with Crippen LogP contribution in [0.25, 0.3) is 0 Å². The molecule has 1 saturated carbocycles. The SMILES string of the molecule is Cl.NC1CCC2(CCCO2)C1. The zero-order valence-electron chi connectivity index (χ0n) is 6.71. The molecule has 0 aromatic carbocycles.